The zero-order valence-electron chi connectivity index (χ0n) is 13.4. The molecule has 1 aromatic heterocycles. The fourth-order valence-corrected chi connectivity index (χ4v) is 3.12. The monoisotopic (exact) mass is 323 g/mol. The first kappa shape index (κ1) is 15.0. The van der Waals surface area contributed by atoms with E-state index in [1.165, 1.54) is 23.3 Å². The van der Waals surface area contributed by atoms with Crippen LogP contribution in [0.2, 0.25) is 0 Å². The van der Waals surface area contributed by atoms with Gasteiger partial charge < -0.3 is 4.42 Å². The highest BCUT2D eigenvalue weighted by molar-refractivity contribution is 5.52. The van der Waals surface area contributed by atoms with E-state index in [-0.39, 0.29) is 11.9 Å². The van der Waals surface area contributed by atoms with Crippen molar-refractivity contribution in [1.82, 2.24) is 15.1 Å². The summed E-state index contributed by atoms with van der Waals surface area (Å²) in [5.74, 6) is 0.738. The maximum absolute atomic E-state index is 13.0. The Balaban J connectivity index is 1.53. The van der Waals surface area contributed by atoms with Crippen LogP contribution in [-0.2, 0) is 13.0 Å². The molecule has 0 spiro atoms. The molecule has 1 atom stereocenters. The molecular formula is C19H18FN3O. The number of hydrogen-bond donors (Lipinski definition) is 0. The molecule has 0 saturated heterocycles. The Bertz CT molecular complexity index is 844. The predicted molar refractivity (Wildman–Crippen MR) is 88.7 cm³/mol. The van der Waals surface area contributed by atoms with Crippen molar-refractivity contribution in [2.75, 3.05) is 6.54 Å². The highest BCUT2D eigenvalue weighted by Gasteiger charge is 2.25. The van der Waals surface area contributed by atoms with Crippen LogP contribution in [0.4, 0.5) is 4.39 Å². The lowest BCUT2D eigenvalue weighted by Gasteiger charge is -2.31. The lowest BCUT2D eigenvalue weighted by atomic mass is 9.99. The second-order valence-electron chi connectivity index (χ2n) is 6.12. The van der Waals surface area contributed by atoms with E-state index in [0.29, 0.717) is 11.8 Å². The van der Waals surface area contributed by atoms with Crippen LogP contribution < -0.4 is 0 Å². The van der Waals surface area contributed by atoms with Crippen LogP contribution in [0.25, 0.3) is 11.5 Å². The summed E-state index contributed by atoms with van der Waals surface area (Å²) in [5.41, 5.74) is 3.50. The summed E-state index contributed by atoms with van der Waals surface area (Å²) in [6, 6.07) is 14.7. The Kier molecular flexibility index (Phi) is 3.86. The molecule has 3 aromatic rings. The van der Waals surface area contributed by atoms with Gasteiger partial charge >= 0.3 is 0 Å². The van der Waals surface area contributed by atoms with Gasteiger partial charge in [0.25, 0.3) is 0 Å². The number of hydrogen-bond acceptors (Lipinski definition) is 4. The molecule has 24 heavy (non-hydrogen) atoms. The van der Waals surface area contributed by atoms with Gasteiger partial charge in [0.05, 0.1) is 6.04 Å². The minimum absolute atomic E-state index is 0.0417. The number of rotatable bonds is 3. The van der Waals surface area contributed by atoms with Crippen LogP contribution in [0, 0.1) is 5.82 Å². The van der Waals surface area contributed by atoms with Crippen LogP contribution in [0.1, 0.15) is 30.0 Å². The molecule has 4 rings (SSSR count). The van der Waals surface area contributed by atoms with E-state index in [2.05, 4.69) is 46.3 Å². The average molecular weight is 323 g/mol. The molecule has 0 unspecified atom stereocenters. The number of aromatic nitrogens is 2. The Labute approximate surface area is 139 Å². The van der Waals surface area contributed by atoms with Crippen molar-refractivity contribution in [3.05, 3.63) is 71.4 Å². The van der Waals surface area contributed by atoms with Crippen LogP contribution in [0.3, 0.4) is 0 Å². The standard InChI is InChI=1S/C19H18FN3O/c1-13(23-11-10-14-4-2-3-5-16(14)12-23)18-21-22-19(24-18)15-6-8-17(20)9-7-15/h2-9,13H,10-12H2,1H3/t13-/m1/s1. The summed E-state index contributed by atoms with van der Waals surface area (Å²) in [4.78, 5) is 2.34. The number of fused-ring (bicyclic) bond motifs is 1. The van der Waals surface area contributed by atoms with Crippen molar-refractivity contribution in [3.8, 4) is 11.5 Å². The maximum Gasteiger partial charge on any atom is 0.247 e. The quantitative estimate of drug-likeness (QED) is 0.731. The van der Waals surface area contributed by atoms with Gasteiger partial charge in [0, 0.05) is 18.7 Å². The highest BCUT2D eigenvalue weighted by atomic mass is 19.1. The second-order valence-corrected chi connectivity index (χ2v) is 6.12. The number of benzene rings is 2. The topological polar surface area (TPSA) is 42.2 Å². The van der Waals surface area contributed by atoms with Gasteiger partial charge in [-0.05, 0) is 48.7 Å². The van der Waals surface area contributed by atoms with Gasteiger partial charge in [0.2, 0.25) is 11.8 Å². The van der Waals surface area contributed by atoms with E-state index in [4.69, 9.17) is 4.42 Å². The summed E-state index contributed by atoms with van der Waals surface area (Å²) in [5, 5.41) is 8.30. The normalized spacial score (nSPS) is 15.9. The summed E-state index contributed by atoms with van der Waals surface area (Å²) in [6.07, 6.45) is 1.03. The van der Waals surface area contributed by atoms with E-state index in [0.717, 1.165) is 25.1 Å². The zero-order chi connectivity index (χ0) is 16.5. The molecular weight excluding hydrogens is 305 g/mol. The fraction of sp³-hybridized carbons (Fsp3) is 0.263. The summed E-state index contributed by atoms with van der Waals surface area (Å²) >= 11 is 0. The van der Waals surface area contributed by atoms with E-state index < -0.39 is 0 Å². The van der Waals surface area contributed by atoms with Gasteiger partial charge in [-0.1, -0.05) is 24.3 Å². The third-order valence-corrected chi connectivity index (χ3v) is 4.60. The van der Waals surface area contributed by atoms with Gasteiger partial charge in [-0.15, -0.1) is 10.2 Å². The first-order chi connectivity index (χ1) is 11.7. The van der Waals surface area contributed by atoms with Gasteiger partial charge in [-0.3, -0.25) is 4.90 Å². The average Bonchev–Trinajstić information content (AvgIpc) is 3.11. The third kappa shape index (κ3) is 2.83. The SMILES string of the molecule is C[C@H](c1nnc(-c2ccc(F)cc2)o1)N1CCc2ccccc2C1. The molecule has 2 heterocycles. The molecule has 0 amide bonds. The highest BCUT2D eigenvalue weighted by Crippen LogP contribution is 2.28. The van der Waals surface area contributed by atoms with E-state index in [1.54, 1.807) is 12.1 Å². The summed E-state index contributed by atoms with van der Waals surface area (Å²) in [6.45, 7) is 3.92. The Morgan fingerprint density at radius 1 is 1.04 bits per heavy atom. The second kappa shape index (κ2) is 6.17. The first-order valence-electron chi connectivity index (χ1n) is 8.11. The van der Waals surface area contributed by atoms with Crippen LogP contribution >= 0.6 is 0 Å². The number of nitrogens with zero attached hydrogens (tertiary/aromatic N) is 3. The Morgan fingerprint density at radius 2 is 1.79 bits per heavy atom. The van der Waals surface area contributed by atoms with Crippen LogP contribution in [0.15, 0.2) is 52.9 Å². The lowest BCUT2D eigenvalue weighted by Crippen LogP contribution is -2.33. The van der Waals surface area contributed by atoms with Crippen LogP contribution in [0.5, 0.6) is 0 Å². The van der Waals surface area contributed by atoms with Gasteiger partial charge in [-0.25, -0.2) is 4.39 Å². The molecule has 2 aromatic carbocycles. The molecule has 1 aliphatic heterocycles. The minimum atomic E-state index is -0.279. The van der Waals surface area contributed by atoms with Gasteiger partial charge in [-0.2, -0.15) is 0 Å². The minimum Gasteiger partial charge on any atom is -0.419 e. The smallest absolute Gasteiger partial charge is 0.247 e. The van der Waals surface area contributed by atoms with Crippen molar-refractivity contribution in [2.24, 2.45) is 0 Å². The van der Waals surface area contributed by atoms with E-state index in [1.807, 2.05) is 0 Å². The molecule has 0 fully saturated rings. The molecule has 0 saturated carbocycles. The van der Waals surface area contributed by atoms with Gasteiger partial charge in [0.1, 0.15) is 5.82 Å². The molecule has 122 valence electrons. The third-order valence-electron chi connectivity index (χ3n) is 4.60. The molecule has 0 N–H and O–H groups in total. The Morgan fingerprint density at radius 3 is 2.58 bits per heavy atom. The molecule has 4 nitrogen and oxygen atoms in total. The lowest BCUT2D eigenvalue weighted by molar-refractivity contribution is 0.167. The van der Waals surface area contributed by atoms with Crippen LogP contribution in [-0.4, -0.2) is 21.6 Å². The van der Waals surface area contributed by atoms with E-state index in [9.17, 15) is 4.39 Å². The molecule has 0 bridgehead atoms. The summed E-state index contributed by atoms with van der Waals surface area (Å²) < 4.78 is 18.9. The summed E-state index contributed by atoms with van der Waals surface area (Å²) in [7, 11) is 0. The van der Waals surface area contributed by atoms with Gasteiger partial charge in [0.15, 0.2) is 0 Å². The van der Waals surface area contributed by atoms with Crippen molar-refractivity contribution in [3.63, 3.8) is 0 Å². The molecule has 5 heteroatoms. The molecule has 1 aliphatic rings. The first-order valence-corrected chi connectivity index (χ1v) is 8.11. The predicted octanol–water partition coefficient (Wildman–Crippen LogP) is 4.00. The maximum atomic E-state index is 13.0. The van der Waals surface area contributed by atoms with Crippen molar-refractivity contribution in [2.45, 2.75) is 25.9 Å². The fourth-order valence-electron chi connectivity index (χ4n) is 3.12. The van der Waals surface area contributed by atoms with Crippen molar-refractivity contribution >= 4 is 0 Å². The van der Waals surface area contributed by atoms with Crippen molar-refractivity contribution < 1.29 is 8.81 Å². The largest absolute Gasteiger partial charge is 0.419 e. The van der Waals surface area contributed by atoms with Crippen molar-refractivity contribution in [1.29, 1.82) is 0 Å². The molecule has 0 radical (unpaired) electrons. The molecule has 0 aliphatic carbocycles. The van der Waals surface area contributed by atoms with E-state index >= 15 is 0 Å². The Hall–Kier alpha value is -2.53. The zero-order valence-corrected chi connectivity index (χ0v) is 13.4. The number of halogens is 1.